The summed E-state index contributed by atoms with van der Waals surface area (Å²) in [6.45, 7) is 10.6. The zero-order chi connectivity index (χ0) is 10.6. The van der Waals surface area contributed by atoms with Crippen LogP contribution in [0, 0.1) is 5.92 Å². The van der Waals surface area contributed by atoms with Crippen LogP contribution in [-0.4, -0.2) is 62.7 Å². The third kappa shape index (κ3) is 3.56. The van der Waals surface area contributed by atoms with E-state index in [4.69, 9.17) is 0 Å². The van der Waals surface area contributed by atoms with Gasteiger partial charge >= 0.3 is 0 Å². The molecule has 14 heavy (non-hydrogen) atoms. The standard InChI is InChI=1S/C11H25N3/c1-10(2)8-14-6-5-13(4)9-11(14)7-12-3/h10-12H,5-9H2,1-4H3. The molecule has 0 aromatic heterocycles. The van der Waals surface area contributed by atoms with E-state index in [2.05, 4.69) is 36.0 Å². The second-order valence-electron chi connectivity index (χ2n) is 4.86. The fourth-order valence-electron chi connectivity index (χ4n) is 2.19. The molecule has 3 nitrogen and oxygen atoms in total. The third-order valence-electron chi connectivity index (χ3n) is 2.85. The zero-order valence-corrected chi connectivity index (χ0v) is 10.1. The first kappa shape index (κ1) is 12.0. The van der Waals surface area contributed by atoms with Crippen molar-refractivity contribution in [3.63, 3.8) is 0 Å². The van der Waals surface area contributed by atoms with Crippen LogP contribution < -0.4 is 5.32 Å². The first-order valence-corrected chi connectivity index (χ1v) is 5.70. The molecule has 0 aliphatic carbocycles. The number of piperazine rings is 1. The summed E-state index contributed by atoms with van der Waals surface area (Å²) in [5.74, 6) is 0.776. The molecule has 1 rings (SSSR count). The lowest BCUT2D eigenvalue weighted by molar-refractivity contribution is 0.0803. The quantitative estimate of drug-likeness (QED) is 0.710. The van der Waals surface area contributed by atoms with E-state index >= 15 is 0 Å². The molecule has 0 amide bonds. The van der Waals surface area contributed by atoms with E-state index in [0.29, 0.717) is 6.04 Å². The molecule has 1 saturated heterocycles. The number of hydrogen-bond acceptors (Lipinski definition) is 3. The van der Waals surface area contributed by atoms with Crippen LogP contribution in [-0.2, 0) is 0 Å². The lowest BCUT2D eigenvalue weighted by Gasteiger charge is -2.40. The molecule has 1 aliphatic rings. The maximum Gasteiger partial charge on any atom is 0.0348 e. The second-order valence-corrected chi connectivity index (χ2v) is 4.86. The average molecular weight is 199 g/mol. The van der Waals surface area contributed by atoms with Crippen molar-refractivity contribution >= 4 is 0 Å². The van der Waals surface area contributed by atoms with Gasteiger partial charge in [0, 0.05) is 38.8 Å². The van der Waals surface area contributed by atoms with Crippen LogP contribution >= 0.6 is 0 Å². The lowest BCUT2D eigenvalue weighted by atomic mass is 10.1. The van der Waals surface area contributed by atoms with E-state index in [1.807, 2.05) is 7.05 Å². The van der Waals surface area contributed by atoms with Crippen molar-refractivity contribution in [2.45, 2.75) is 19.9 Å². The van der Waals surface area contributed by atoms with E-state index in [1.165, 1.54) is 26.2 Å². The summed E-state index contributed by atoms with van der Waals surface area (Å²) in [7, 11) is 4.26. The molecule has 1 heterocycles. The van der Waals surface area contributed by atoms with Gasteiger partial charge in [0.15, 0.2) is 0 Å². The van der Waals surface area contributed by atoms with Gasteiger partial charge in [-0.05, 0) is 20.0 Å². The Kier molecular flexibility index (Phi) is 4.85. The Balaban J connectivity index is 2.44. The minimum atomic E-state index is 0.696. The largest absolute Gasteiger partial charge is 0.318 e. The molecule has 1 fully saturated rings. The van der Waals surface area contributed by atoms with E-state index in [-0.39, 0.29) is 0 Å². The fourth-order valence-corrected chi connectivity index (χ4v) is 2.19. The Labute approximate surface area is 88.5 Å². The number of nitrogens with one attached hydrogen (secondary N) is 1. The van der Waals surface area contributed by atoms with Crippen molar-refractivity contribution in [1.82, 2.24) is 15.1 Å². The predicted molar refractivity (Wildman–Crippen MR) is 61.6 cm³/mol. The van der Waals surface area contributed by atoms with Gasteiger partial charge < -0.3 is 10.2 Å². The molecule has 0 saturated carbocycles. The molecule has 1 N–H and O–H groups in total. The van der Waals surface area contributed by atoms with Crippen LogP contribution in [0.4, 0.5) is 0 Å². The van der Waals surface area contributed by atoms with Crippen LogP contribution in [0.5, 0.6) is 0 Å². The van der Waals surface area contributed by atoms with Gasteiger partial charge in [-0.2, -0.15) is 0 Å². The summed E-state index contributed by atoms with van der Waals surface area (Å²) in [5.41, 5.74) is 0. The van der Waals surface area contributed by atoms with Gasteiger partial charge in [-0.1, -0.05) is 13.8 Å². The summed E-state index contributed by atoms with van der Waals surface area (Å²) in [6.07, 6.45) is 0. The smallest absolute Gasteiger partial charge is 0.0348 e. The molecule has 0 aromatic carbocycles. The molecule has 0 bridgehead atoms. The van der Waals surface area contributed by atoms with Crippen molar-refractivity contribution < 1.29 is 0 Å². The van der Waals surface area contributed by atoms with Crippen molar-refractivity contribution in [3.8, 4) is 0 Å². The number of likely N-dealkylation sites (N-methyl/N-ethyl adjacent to an activating group) is 2. The van der Waals surface area contributed by atoms with Gasteiger partial charge in [0.2, 0.25) is 0 Å². The van der Waals surface area contributed by atoms with Crippen LogP contribution in [0.1, 0.15) is 13.8 Å². The molecule has 0 spiro atoms. The van der Waals surface area contributed by atoms with Crippen molar-refractivity contribution in [3.05, 3.63) is 0 Å². The summed E-state index contributed by atoms with van der Waals surface area (Å²) in [5, 5.41) is 3.29. The van der Waals surface area contributed by atoms with Crippen molar-refractivity contribution in [2.24, 2.45) is 5.92 Å². The van der Waals surface area contributed by atoms with Gasteiger partial charge in [0.25, 0.3) is 0 Å². The Bertz CT molecular complexity index is 157. The van der Waals surface area contributed by atoms with Gasteiger partial charge in [0.05, 0.1) is 0 Å². The highest BCUT2D eigenvalue weighted by molar-refractivity contribution is 4.82. The van der Waals surface area contributed by atoms with Crippen LogP contribution in [0.15, 0.2) is 0 Å². The molecule has 84 valence electrons. The molecule has 1 atom stereocenters. The normalized spacial score (nSPS) is 25.9. The number of hydrogen-bond donors (Lipinski definition) is 1. The molecule has 0 aromatic rings. The van der Waals surface area contributed by atoms with Gasteiger partial charge in [-0.25, -0.2) is 0 Å². The zero-order valence-electron chi connectivity index (χ0n) is 10.1. The minimum absolute atomic E-state index is 0.696. The van der Waals surface area contributed by atoms with Crippen LogP contribution in [0.3, 0.4) is 0 Å². The highest BCUT2D eigenvalue weighted by atomic mass is 15.3. The molecule has 0 radical (unpaired) electrons. The Morgan fingerprint density at radius 3 is 2.64 bits per heavy atom. The van der Waals surface area contributed by atoms with Crippen molar-refractivity contribution in [1.29, 1.82) is 0 Å². The monoisotopic (exact) mass is 199 g/mol. The first-order valence-electron chi connectivity index (χ1n) is 5.70. The maximum atomic E-state index is 3.29. The maximum absolute atomic E-state index is 3.29. The Morgan fingerprint density at radius 1 is 1.36 bits per heavy atom. The van der Waals surface area contributed by atoms with Gasteiger partial charge in [-0.3, -0.25) is 4.90 Å². The van der Waals surface area contributed by atoms with Crippen LogP contribution in [0.25, 0.3) is 0 Å². The highest BCUT2D eigenvalue weighted by Gasteiger charge is 2.24. The summed E-state index contributed by atoms with van der Waals surface area (Å²) in [4.78, 5) is 5.06. The summed E-state index contributed by atoms with van der Waals surface area (Å²) in [6, 6.07) is 0.696. The number of nitrogens with zero attached hydrogens (tertiary/aromatic N) is 2. The minimum Gasteiger partial charge on any atom is -0.318 e. The summed E-state index contributed by atoms with van der Waals surface area (Å²) < 4.78 is 0. The van der Waals surface area contributed by atoms with E-state index in [1.54, 1.807) is 0 Å². The van der Waals surface area contributed by atoms with Crippen LogP contribution in [0.2, 0.25) is 0 Å². The Hall–Kier alpha value is -0.120. The molecular weight excluding hydrogens is 174 g/mol. The lowest BCUT2D eigenvalue weighted by Crippen LogP contribution is -2.55. The van der Waals surface area contributed by atoms with Crippen molar-refractivity contribution in [2.75, 3.05) is 46.8 Å². The van der Waals surface area contributed by atoms with Gasteiger partial charge in [-0.15, -0.1) is 0 Å². The van der Waals surface area contributed by atoms with E-state index in [9.17, 15) is 0 Å². The summed E-state index contributed by atoms with van der Waals surface area (Å²) >= 11 is 0. The number of rotatable bonds is 4. The Morgan fingerprint density at radius 2 is 2.07 bits per heavy atom. The van der Waals surface area contributed by atoms with E-state index in [0.717, 1.165) is 12.5 Å². The third-order valence-corrected chi connectivity index (χ3v) is 2.85. The second kappa shape index (κ2) is 5.69. The first-order chi connectivity index (χ1) is 6.63. The SMILES string of the molecule is CNCC1CN(C)CCN1CC(C)C. The highest BCUT2D eigenvalue weighted by Crippen LogP contribution is 2.10. The average Bonchev–Trinajstić information content (AvgIpc) is 2.09. The van der Waals surface area contributed by atoms with E-state index < -0.39 is 0 Å². The molecular formula is C11H25N3. The molecule has 1 aliphatic heterocycles. The topological polar surface area (TPSA) is 18.5 Å². The predicted octanol–water partition coefficient (Wildman–Crippen LogP) is 0.478. The van der Waals surface area contributed by atoms with Gasteiger partial charge in [0.1, 0.15) is 0 Å². The molecule has 3 heteroatoms. The fraction of sp³-hybridized carbons (Fsp3) is 1.00. The molecule has 1 unspecified atom stereocenters.